The largest absolute Gasteiger partial charge is 0.468 e. The molecule has 1 unspecified atom stereocenters. The van der Waals surface area contributed by atoms with Gasteiger partial charge in [0, 0.05) is 0 Å². The minimum atomic E-state index is -0.637. The number of rotatable bonds is 3. The predicted octanol–water partition coefficient (Wildman–Crippen LogP) is 1.65. The summed E-state index contributed by atoms with van der Waals surface area (Å²) in [6.45, 7) is 5.31. The SMILES string of the molecule is COC(=O)C(Br)CC(=O)OC(C)(C)C. The number of methoxy groups -OCH3 is 1. The molecule has 82 valence electrons. The van der Waals surface area contributed by atoms with Crippen LogP contribution in [0.5, 0.6) is 0 Å². The Hall–Kier alpha value is -0.580. The van der Waals surface area contributed by atoms with Gasteiger partial charge in [0.25, 0.3) is 0 Å². The van der Waals surface area contributed by atoms with E-state index in [4.69, 9.17) is 4.74 Å². The highest BCUT2D eigenvalue weighted by Gasteiger charge is 2.23. The van der Waals surface area contributed by atoms with Crippen LogP contribution < -0.4 is 0 Å². The van der Waals surface area contributed by atoms with E-state index < -0.39 is 22.4 Å². The lowest BCUT2D eigenvalue weighted by molar-refractivity contribution is -0.157. The lowest BCUT2D eigenvalue weighted by Crippen LogP contribution is -2.27. The van der Waals surface area contributed by atoms with Gasteiger partial charge >= 0.3 is 11.9 Å². The number of carbonyl (C=O) groups is 2. The third kappa shape index (κ3) is 5.96. The van der Waals surface area contributed by atoms with Crippen molar-refractivity contribution in [3.8, 4) is 0 Å². The Morgan fingerprint density at radius 1 is 1.36 bits per heavy atom. The van der Waals surface area contributed by atoms with Gasteiger partial charge in [0.05, 0.1) is 13.5 Å². The molecule has 4 nitrogen and oxygen atoms in total. The van der Waals surface area contributed by atoms with Gasteiger partial charge in [-0.25, -0.2) is 0 Å². The van der Waals surface area contributed by atoms with Gasteiger partial charge in [0.1, 0.15) is 10.4 Å². The van der Waals surface area contributed by atoms with Gasteiger partial charge in [0.2, 0.25) is 0 Å². The molecule has 0 aromatic carbocycles. The lowest BCUT2D eigenvalue weighted by atomic mass is 10.2. The van der Waals surface area contributed by atoms with E-state index in [0.29, 0.717) is 0 Å². The second-order valence-electron chi connectivity index (χ2n) is 3.78. The molecule has 14 heavy (non-hydrogen) atoms. The summed E-state index contributed by atoms with van der Waals surface area (Å²) in [6.07, 6.45) is -0.0239. The fraction of sp³-hybridized carbons (Fsp3) is 0.778. The maximum absolute atomic E-state index is 11.2. The Bertz CT molecular complexity index is 219. The third-order valence-corrected chi connectivity index (χ3v) is 1.92. The zero-order valence-electron chi connectivity index (χ0n) is 8.80. The van der Waals surface area contributed by atoms with Crippen molar-refractivity contribution in [2.75, 3.05) is 7.11 Å². The Balaban J connectivity index is 4.01. The van der Waals surface area contributed by atoms with E-state index in [2.05, 4.69) is 20.7 Å². The van der Waals surface area contributed by atoms with Crippen molar-refractivity contribution in [2.24, 2.45) is 0 Å². The van der Waals surface area contributed by atoms with Crippen LogP contribution in [0.1, 0.15) is 27.2 Å². The van der Waals surface area contributed by atoms with Gasteiger partial charge in [-0.2, -0.15) is 0 Å². The number of halogens is 1. The van der Waals surface area contributed by atoms with Crippen LogP contribution in [0.3, 0.4) is 0 Å². The molecule has 0 fully saturated rings. The van der Waals surface area contributed by atoms with Gasteiger partial charge in [0.15, 0.2) is 0 Å². The molecule has 5 heteroatoms. The molecule has 0 spiro atoms. The average molecular weight is 267 g/mol. The maximum atomic E-state index is 11.2. The quantitative estimate of drug-likeness (QED) is 0.576. The van der Waals surface area contributed by atoms with Crippen molar-refractivity contribution in [1.29, 1.82) is 0 Å². The molecular weight excluding hydrogens is 252 g/mol. The zero-order valence-corrected chi connectivity index (χ0v) is 10.4. The van der Waals surface area contributed by atoms with Crippen molar-refractivity contribution in [3.63, 3.8) is 0 Å². The molecule has 0 aliphatic rings. The molecule has 0 aromatic heterocycles. The summed E-state index contributed by atoms with van der Waals surface area (Å²) in [7, 11) is 1.27. The molecule has 0 saturated heterocycles. The van der Waals surface area contributed by atoms with Crippen molar-refractivity contribution in [1.82, 2.24) is 0 Å². The van der Waals surface area contributed by atoms with Crippen LogP contribution >= 0.6 is 15.9 Å². The van der Waals surface area contributed by atoms with Crippen LogP contribution in [0, 0.1) is 0 Å². The number of alkyl halides is 1. The summed E-state index contributed by atoms with van der Waals surface area (Å²) < 4.78 is 9.48. The van der Waals surface area contributed by atoms with Crippen molar-refractivity contribution < 1.29 is 19.1 Å². The molecule has 0 heterocycles. The van der Waals surface area contributed by atoms with Crippen molar-refractivity contribution >= 4 is 27.9 Å². The smallest absolute Gasteiger partial charge is 0.320 e. The number of hydrogen-bond acceptors (Lipinski definition) is 4. The standard InChI is InChI=1S/C9H15BrO4/c1-9(2,3)14-7(11)5-6(10)8(12)13-4/h6H,5H2,1-4H3. The molecule has 0 N–H and O–H groups in total. The summed E-state index contributed by atoms with van der Waals surface area (Å²) >= 11 is 3.04. The van der Waals surface area contributed by atoms with E-state index in [9.17, 15) is 9.59 Å². The first-order valence-electron chi connectivity index (χ1n) is 4.20. The molecule has 0 aliphatic carbocycles. The first-order valence-corrected chi connectivity index (χ1v) is 5.11. The molecule has 0 bridgehead atoms. The third-order valence-electron chi connectivity index (χ3n) is 1.22. The van der Waals surface area contributed by atoms with E-state index in [0.717, 1.165) is 0 Å². The second kappa shape index (κ2) is 5.34. The second-order valence-corrected chi connectivity index (χ2v) is 4.89. The highest BCUT2D eigenvalue weighted by Crippen LogP contribution is 2.13. The van der Waals surface area contributed by atoms with E-state index in [-0.39, 0.29) is 6.42 Å². The summed E-state index contributed by atoms with van der Waals surface area (Å²) in [5.74, 6) is -0.902. The summed E-state index contributed by atoms with van der Waals surface area (Å²) in [5.41, 5.74) is -0.528. The van der Waals surface area contributed by atoms with Gasteiger partial charge in [-0.05, 0) is 20.8 Å². The first-order chi connectivity index (χ1) is 6.26. The Labute approximate surface area is 92.1 Å². The minimum absolute atomic E-state index is 0.0239. The van der Waals surface area contributed by atoms with Gasteiger partial charge in [-0.3, -0.25) is 9.59 Å². The summed E-state index contributed by atoms with van der Waals surface area (Å²) in [6, 6.07) is 0. The van der Waals surface area contributed by atoms with Crippen LogP contribution in [0.15, 0.2) is 0 Å². The fourth-order valence-corrected chi connectivity index (χ4v) is 1.19. The Morgan fingerprint density at radius 2 is 1.86 bits per heavy atom. The van der Waals surface area contributed by atoms with E-state index >= 15 is 0 Å². The van der Waals surface area contributed by atoms with E-state index in [1.807, 2.05) is 0 Å². The molecule has 0 radical (unpaired) electrons. The molecule has 1 atom stereocenters. The summed E-state index contributed by atoms with van der Waals surface area (Å²) in [5, 5.41) is 0. The summed E-state index contributed by atoms with van der Waals surface area (Å²) in [4.78, 5) is 21.5. The monoisotopic (exact) mass is 266 g/mol. The van der Waals surface area contributed by atoms with E-state index in [1.165, 1.54) is 7.11 Å². The van der Waals surface area contributed by atoms with Crippen LogP contribution in [0.25, 0.3) is 0 Å². The molecule has 0 aliphatic heterocycles. The fourth-order valence-electron chi connectivity index (χ4n) is 0.741. The van der Waals surface area contributed by atoms with Crippen LogP contribution in [-0.2, 0) is 19.1 Å². The minimum Gasteiger partial charge on any atom is -0.468 e. The molecular formula is C9H15BrO4. The Morgan fingerprint density at radius 3 is 2.21 bits per heavy atom. The number of ether oxygens (including phenoxy) is 2. The first kappa shape index (κ1) is 13.4. The molecule has 0 saturated carbocycles. The molecule has 0 amide bonds. The number of esters is 2. The number of hydrogen-bond donors (Lipinski definition) is 0. The average Bonchev–Trinajstić information content (AvgIpc) is 1.99. The normalized spacial score (nSPS) is 13.2. The van der Waals surface area contributed by atoms with Gasteiger partial charge < -0.3 is 9.47 Å². The molecule has 0 aromatic rings. The van der Waals surface area contributed by atoms with Crippen molar-refractivity contribution in [3.05, 3.63) is 0 Å². The van der Waals surface area contributed by atoms with Crippen molar-refractivity contribution in [2.45, 2.75) is 37.6 Å². The molecule has 0 rings (SSSR count). The zero-order chi connectivity index (χ0) is 11.4. The van der Waals surface area contributed by atoms with Gasteiger partial charge in [-0.15, -0.1) is 0 Å². The predicted molar refractivity (Wildman–Crippen MR) is 55.2 cm³/mol. The van der Waals surface area contributed by atoms with Crippen LogP contribution in [0.2, 0.25) is 0 Å². The maximum Gasteiger partial charge on any atom is 0.320 e. The Kier molecular flexibility index (Phi) is 5.12. The van der Waals surface area contributed by atoms with Crippen LogP contribution in [0.4, 0.5) is 0 Å². The topological polar surface area (TPSA) is 52.6 Å². The van der Waals surface area contributed by atoms with E-state index in [1.54, 1.807) is 20.8 Å². The highest BCUT2D eigenvalue weighted by atomic mass is 79.9. The van der Waals surface area contributed by atoms with Crippen LogP contribution in [-0.4, -0.2) is 29.5 Å². The highest BCUT2D eigenvalue weighted by molar-refractivity contribution is 9.10. The number of carbonyl (C=O) groups excluding carboxylic acids is 2. The van der Waals surface area contributed by atoms with Gasteiger partial charge in [-0.1, -0.05) is 15.9 Å². The lowest BCUT2D eigenvalue weighted by Gasteiger charge is -2.20.